The molecule has 1 aliphatic carbocycles. The third-order valence-electron chi connectivity index (χ3n) is 2.89. The van der Waals surface area contributed by atoms with Crippen molar-refractivity contribution in [3.63, 3.8) is 0 Å². The van der Waals surface area contributed by atoms with Crippen molar-refractivity contribution in [1.29, 1.82) is 0 Å². The number of imide groups is 1. The molecule has 0 bridgehead atoms. The van der Waals surface area contributed by atoms with Crippen molar-refractivity contribution in [2.75, 3.05) is 6.54 Å². The Morgan fingerprint density at radius 2 is 1.59 bits per heavy atom. The minimum atomic E-state index is -0.158. The van der Waals surface area contributed by atoms with Crippen LogP contribution < -0.4 is 0 Å². The zero-order valence-electron chi connectivity index (χ0n) is 13.7. The Morgan fingerprint density at radius 1 is 1.14 bits per heavy atom. The summed E-state index contributed by atoms with van der Waals surface area (Å²) in [7, 11) is 0. The summed E-state index contributed by atoms with van der Waals surface area (Å²) in [6.45, 7) is 9.82. The number of allylic oxidation sites excluding steroid dienone is 1. The first-order valence-electron chi connectivity index (χ1n) is 7.50. The van der Waals surface area contributed by atoms with E-state index in [0.717, 1.165) is 12.0 Å². The molecule has 2 rings (SSSR count). The molecule has 2 amide bonds. The van der Waals surface area contributed by atoms with E-state index in [1.54, 1.807) is 6.08 Å². The van der Waals surface area contributed by atoms with Gasteiger partial charge in [0, 0.05) is 18.5 Å². The number of hydrogen-bond acceptors (Lipinski definition) is 2. The van der Waals surface area contributed by atoms with Gasteiger partial charge >= 0.3 is 0 Å². The molecule has 0 fully saturated rings. The number of carbonyl (C=O) groups excluding carboxylic acids is 2. The fourth-order valence-corrected chi connectivity index (χ4v) is 1.76. The molecule has 0 saturated heterocycles. The smallest absolute Gasteiger partial charge is 0.256 e. The van der Waals surface area contributed by atoms with E-state index in [1.165, 1.54) is 4.90 Å². The predicted molar refractivity (Wildman–Crippen MR) is 90.1 cm³/mol. The van der Waals surface area contributed by atoms with Gasteiger partial charge in [-0.05, 0) is 11.8 Å². The van der Waals surface area contributed by atoms with Crippen molar-refractivity contribution < 1.29 is 9.59 Å². The maximum atomic E-state index is 12.0. The summed E-state index contributed by atoms with van der Waals surface area (Å²) < 4.78 is 0. The van der Waals surface area contributed by atoms with Crippen LogP contribution in [0.5, 0.6) is 0 Å². The van der Waals surface area contributed by atoms with E-state index in [-0.39, 0.29) is 17.2 Å². The van der Waals surface area contributed by atoms with Gasteiger partial charge in [-0.2, -0.15) is 0 Å². The Labute approximate surface area is 133 Å². The quantitative estimate of drug-likeness (QED) is 0.789. The maximum Gasteiger partial charge on any atom is 0.256 e. The molecule has 1 aromatic rings. The van der Waals surface area contributed by atoms with Crippen LogP contribution in [0.2, 0.25) is 0 Å². The molecule has 0 spiro atoms. The number of amides is 2. The number of carbonyl (C=O) groups is 2. The summed E-state index contributed by atoms with van der Waals surface area (Å²) in [4.78, 5) is 25.1. The van der Waals surface area contributed by atoms with E-state index in [9.17, 15) is 9.59 Å². The lowest BCUT2D eigenvalue weighted by atomic mass is 9.91. The predicted octanol–water partition coefficient (Wildman–Crippen LogP) is 3.98. The van der Waals surface area contributed by atoms with Crippen LogP contribution in [0, 0.1) is 5.41 Å². The molecular weight excluding hydrogens is 274 g/mol. The third-order valence-corrected chi connectivity index (χ3v) is 2.89. The normalized spacial score (nSPS) is 12.4. The molecule has 0 heterocycles. The van der Waals surface area contributed by atoms with Gasteiger partial charge in [0.1, 0.15) is 0 Å². The molecule has 0 aliphatic heterocycles. The molecule has 1 aromatic carbocycles. The average Bonchev–Trinajstić information content (AvgIpc) is 3.29. The molecule has 3 nitrogen and oxygen atoms in total. The highest BCUT2D eigenvalue weighted by Gasteiger charge is 2.29. The van der Waals surface area contributed by atoms with E-state index in [1.807, 2.05) is 63.2 Å². The number of benzene rings is 1. The van der Waals surface area contributed by atoms with Crippen molar-refractivity contribution in [3.8, 4) is 0 Å². The molecule has 0 aromatic heterocycles. The second kappa shape index (κ2) is 8.32. The van der Waals surface area contributed by atoms with Crippen LogP contribution in [0.1, 0.15) is 33.6 Å². The van der Waals surface area contributed by atoms with Crippen molar-refractivity contribution in [2.24, 2.45) is 5.41 Å². The SMILES string of the molecule is C=CCN(C(=O)CC(C)(C)C)C(=O)C1=CC1.c1ccccc1. The number of rotatable bonds is 4. The summed E-state index contributed by atoms with van der Waals surface area (Å²) in [5.74, 6) is -0.278. The molecule has 0 atom stereocenters. The van der Waals surface area contributed by atoms with Gasteiger partial charge in [0.25, 0.3) is 5.91 Å². The van der Waals surface area contributed by atoms with Gasteiger partial charge in [0.2, 0.25) is 5.91 Å². The molecule has 0 unspecified atom stereocenters. The van der Waals surface area contributed by atoms with Crippen LogP contribution >= 0.6 is 0 Å². The van der Waals surface area contributed by atoms with Gasteiger partial charge in [-0.3, -0.25) is 14.5 Å². The van der Waals surface area contributed by atoms with Crippen LogP contribution in [-0.4, -0.2) is 23.3 Å². The Bertz CT molecular complexity index is 512. The zero-order valence-corrected chi connectivity index (χ0v) is 13.7. The van der Waals surface area contributed by atoms with Gasteiger partial charge < -0.3 is 0 Å². The summed E-state index contributed by atoms with van der Waals surface area (Å²) in [5, 5.41) is 0. The average molecular weight is 299 g/mol. The molecule has 0 N–H and O–H groups in total. The van der Waals surface area contributed by atoms with E-state index in [0.29, 0.717) is 13.0 Å². The lowest BCUT2D eigenvalue weighted by Gasteiger charge is -2.23. The van der Waals surface area contributed by atoms with Gasteiger partial charge in [-0.15, -0.1) is 6.58 Å². The van der Waals surface area contributed by atoms with Crippen LogP contribution in [-0.2, 0) is 9.59 Å². The molecule has 0 radical (unpaired) electrons. The fraction of sp³-hybridized carbons (Fsp3) is 0.368. The Hall–Kier alpha value is -2.16. The van der Waals surface area contributed by atoms with Crippen LogP contribution in [0.15, 0.2) is 60.7 Å². The van der Waals surface area contributed by atoms with Crippen molar-refractivity contribution >= 4 is 11.8 Å². The fourth-order valence-electron chi connectivity index (χ4n) is 1.76. The highest BCUT2D eigenvalue weighted by molar-refractivity contribution is 6.06. The maximum absolute atomic E-state index is 12.0. The van der Waals surface area contributed by atoms with E-state index >= 15 is 0 Å². The first-order valence-corrected chi connectivity index (χ1v) is 7.50. The van der Waals surface area contributed by atoms with Crippen molar-refractivity contribution in [2.45, 2.75) is 33.6 Å². The molecule has 0 saturated carbocycles. The van der Waals surface area contributed by atoms with Gasteiger partial charge in [0.15, 0.2) is 0 Å². The van der Waals surface area contributed by atoms with E-state index in [4.69, 9.17) is 0 Å². The monoisotopic (exact) mass is 299 g/mol. The van der Waals surface area contributed by atoms with Crippen molar-refractivity contribution in [1.82, 2.24) is 4.90 Å². The Kier molecular flexibility index (Phi) is 6.77. The number of nitrogens with zero attached hydrogens (tertiary/aromatic N) is 1. The van der Waals surface area contributed by atoms with Crippen LogP contribution in [0.3, 0.4) is 0 Å². The molecule has 3 heteroatoms. The highest BCUT2D eigenvalue weighted by atomic mass is 16.2. The van der Waals surface area contributed by atoms with E-state index < -0.39 is 0 Å². The van der Waals surface area contributed by atoms with Crippen molar-refractivity contribution in [3.05, 3.63) is 60.7 Å². The molecule has 1 aliphatic rings. The topological polar surface area (TPSA) is 37.4 Å². The highest BCUT2D eigenvalue weighted by Crippen LogP contribution is 2.24. The van der Waals surface area contributed by atoms with Crippen LogP contribution in [0.4, 0.5) is 0 Å². The summed E-state index contributed by atoms with van der Waals surface area (Å²) in [6.07, 6.45) is 4.51. The largest absolute Gasteiger partial charge is 0.275 e. The lowest BCUT2D eigenvalue weighted by molar-refractivity contribution is -0.142. The molecule has 118 valence electrons. The number of hydrogen-bond donors (Lipinski definition) is 0. The zero-order chi connectivity index (χ0) is 16.6. The lowest BCUT2D eigenvalue weighted by Crippen LogP contribution is -2.38. The first kappa shape index (κ1) is 17.9. The minimum absolute atomic E-state index is 0.102. The molecule has 22 heavy (non-hydrogen) atoms. The summed E-state index contributed by atoms with van der Waals surface area (Å²) >= 11 is 0. The minimum Gasteiger partial charge on any atom is -0.275 e. The first-order chi connectivity index (χ1) is 10.3. The second-order valence-electron chi connectivity index (χ2n) is 6.42. The summed E-state index contributed by atoms with van der Waals surface area (Å²) in [6, 6.07) is 12.0. The van der Waals surface area contributed by atoms with Gasteiger partial charge in [0.05, 0.1) is 0 Å². The van der Waals surface area contributed by atoms with Crippen LogP contribution in [0.25, 0.3) is 0 Å². The standard InChI is InChI=1S/C13H19NO2.C6H6/c1-5-8-14(12(16)10-6-7-10)11(15)9-13(2,3)4;1-2-4-6-5-3-1/h5-6H,1,7-9H2,2-4H3;1-6H. The Balaban J connectivity index is 0.000000335. The summed E-state index contributed by atoms with van der Waals surface area (Å²) in [5.41, 5.74) is 0.637. The van der Waals surface area contributed by atoms with Gasteiger partial charge in [-0.25, -0.2) is 0 Å². The van der Waals surface area contributed by atoms with Gasteiger partial charge in [-0.1, -0.05) is 69.3 Å². The molecular formula is C19H25NO2. The Morgan fingerprint density at radius 3 is 1.91 bits per heavy atom. The van der Waals surface area contributed by atoms with E-state index in [2.05, 4.69) is 6.58 Å². The third kappa shape index (κ3) is 7.02. The second-order valence-corrected chi connectivity index (χ2v) is 6.42.